The molecule has 0 aliphatic rings. The van der Waals surface area contributed by atoms with Gasteiger partial charge in [0.1, 0.15) is 10.1 Å². The van der Waals surface area contributed by atoms with Crippen molar-refractivity contribution in [2.75, 3.05) is 13.2 Å². The molecule has 0 N–H and O–H groups in total. The van der Waals surface area contributed by atoms with Gasteiger partial charge in [-0.15, -0.1) is 0 Å². The molecule has 7 nitrogen and oxygen atoms in total. The number of ether oxygens (including phenoxy) is 2. The van der Waals surface area contributed by atoms with Gasteiger partial charge in [0.2, 0.25) is 0 Å². The van der Waals surface area contributed by atoms with Crippen molar-refractivity contribution in [2.24, 2.45) is 11.8 Å². The number of carbonyl (C=O) groups is 2. The van der Waals surface area contributed by atoms with E-state index in [-0.39, 0.29) is 54.6 Å². The molecule has 0 spiro atoms. The van der Waals surface area contributed by atoms with Crippen LogP contribution in [0.3, 0.4) is 0 Å². The Morgan fingerprint density at radius 2 is 1.35 bits per heavy atom. The van der Waals surface area contributed by atoms with E-state index < -0.39 is 33.7 Å². The number of rotatable bonds is 16. The molecule has 0 bridgehead atoms. The first kappa shape index (κ1) is 35.7. The van der Waals surface area contributed by atoms with Crippen molar-refractivity contribution in [2.45, 2.75) is 90.7 Å². The van der Waals surface area contributed by atoms with Gasteiger partial charge in [0, 0.05) is 0 Å². The summed E-state index contributed by atoms with van der Waals surface area (Å²) in [7, 11) is -5.01. The van der Waals surface area contributed by atoms with Gasteiger partial charge in [-0.25, -0.2) is 8.42 Å². The fourth-order valence-corrected chi connectivity index (χ4v) is 4.14. The molecule has 10 heteroatoms. The first-order chi connectivity index (χ1) is 15.7. The van der Waals surface area contributed by atoms with Gasteiger partial charge < -0.3 is 14.0 Å². The molecule has 0 amide bonds. The molecular weight excluding hydrogens is 487 g/mol. The van der Waals surface area contributed by atoms with E-state index in [9.17, 15) is 22.6 Å². The quantitative estimate of drug-likeness (QED) is 0.184. The van der Waals surface area contributed by atoms with Crippen LogP contribution < -0.4 is 29.6 Å². The number of carbonyl (C=O) groups excluding carboxylic acids is 2. The summed E-state index contributed by atoms with van der Waals surface area (Å²) in [4.78, 5) is 24.1. The summed E-state index contributed by atoms with van der Waals surface area (Å²) in [6, 6.07) is 4.04. The summed E-state index contributed by atoms with van der Waals surface area (Å²) in [6.07, 6.45) is 6.58. The molecule has 0 aromatic carbocycles. The predicted octanol–water partition coefficient (Wildman–Crippen LogP) is 2.56. The Kier molecular flexibility index (Phi) is 22.9. The van der Waals surface area contributed by atoms with Gasteiger partial charge in [0.25, 0.3) is 0 Å². The standard InChI is InChI=1S/C20H38O7S.C4H4S.Na/c1-5-9-11-16(7-3)14-26-19(21)13-18(28(23,24)25)20(22)27-15-17(8-4)12-10-6-2;1-2-4-5-3-1;/h16-18H,5-15H2,1-4H3,(H,23,24,25);1-4H;/q;;+1/p-1. The SMILES string of the molecule is CCCCC(CC)COC(=O)CC(C(=O)OCC(CC)CCCC)S(=O)(=O)[O-].[Na+].c1ccsc1. The third kappa shape index (κ3) is 17.9. The van der Waals surface area contributed by atoms with Gasteiger partial charge in [0.15, 0.2) is 5.25 Å². The van der Waals surface area contributed by atoms with Gasteiger partial charge >= 0.3 is 41.5 Å². The second-order valence-electron chi connectivity index (χ2n) is 8.12. The van der Waals surface area contributed by atoms with Crippen molar-refractivity contribution in [1.82, 2.24) is 0 Å². The Bertz CT molecular complexity index is 706. The molecule has 34 heavy (non-hydrogen) atoms. The van der Waals surface area contributed by atoms with E-state index in [0.717, 1.165) is 51.4 Å². The number of esters is 2. The summed E-state index contributed by atoms with van der Waals surface area (Å²) < 4.78 is 44.6. The zero-order valence-corrected chi connectivity index (χ0v) is 25.1. The Labute approximate surface area is 232 Å². The van der Waals surface area contributed by atoms with Crippen LogP contribution in [-0.4, -0.2) is 43.4 Å². The summed E-state index contributed by atoms with van der Waals surface area (Å²) in [5.74, 6) is -1.74. The van der Waals surface area contributed by atoms with Crippen LogP contribution in [0.25, 0.3) is 0 Å². The van der Waals surface area contributed by atoms with E-state index >= 15 is 0 Å². The summed E-state index contributed by atoms with van der Waals surface area (Å²) in [5, 5.41) is 2.03. The summed E-state index contributed by atoms with van der Waals surface area (Å²) in [6.45, 7) is 8.26. The van der Waals surface area contributed by atoms with E-state index in [1.54, 1.807) is 11.3 Å². The Morgan fingerprint density at radius 1 is 0.882 bits per heavy atom. The molecule has 0 aliphatic carbocycles. The second kappa shape index (κ2) is 21.8. The fraction of sp³-hybridized carbons (Fsp3) is 0.750. The summed E-state index contributed by atoms with van der Waals surface area (Å²) >= 11 is 1.71. The van der Waals surface area contributed by atoms with Crippen LogP contribution in [-0.2, 0) is 29.2 Å². The van der Waals surface area contributed by atoms with Gasteiger partial charge in [-0.1, -0.05) is 78.4 Å². The smallest absolute Gasteiger partial charge is 0.747 e. The first-order valence-electron chi connectivity index (χ1n) is 11.9. The summed E-state index contributed by atoms with van der Waals surface area (Å²) in [5.41, 5.74) is 0. The van der Waals surface area contributed by atoms with E-state index in [2.05, 4.69) is 13.8 Å². The van der Waals surface area contributed by atoms with E-state index in [0.29, 0.717) is 0 Å². The van der Waals surface area contributed by atoms with Crippen LogP contribution in [0, 0.1) is 11.8 Å². The molecule has 0 radical (unpaired) electrons. The average Bonchev–Trinajstić information content (AvgIpc) is 3.37. The molecule has 0 saturated carbocycles. The zero-order chi connectivity index (χ0) is 25.1. The maximum atomic E-state index is 12.1. The van der Waals surface area contributed by atoms with E-state index in [4.69, 9.17) is 9.47 Å². The second-order valence-corrected chi connectivity index (χ2v) is 10.5. The molecule has 1 aromatic rings. The number of thiophene rings is 1. The minimum atomic E-state index is -5.01. The van der Waals surface area contributed by atoms with Crippen molar-refractivity contribution >= 4 is 33.4 Å². The van der Waals surface area contributed by atoms with Crippen LogP contribution >= 0.6 is 11.3 Å². The van der Waals surface area contributed by atoms with Crippen LogP contribution in [0.2, 0.25) is 0 Å². The molecule has 0 fully saturated rings. The first-order valence-corrected chi connectivity index (χ1v) is 14.3. The Balaban J connectivity index is 0. The van der Waals surface area contributed by atoms with Crippen LogP contribution in [0.5, 0.6) is 0 Å². The molecule has 192 valence electrons. The average molecular weight is 529 g/mol. The molecule has 0 saturated heterocycles. The minimum absolute atomic E-state index is 0. The third-order valence-electron chi connectivity index (χ3n) is 5.42. The molecule has 0 aliphatic heterocycles. The van der Waals surface area contributed by atoms with Gasteiger partial charge in [-0.2, -0.15) is 11.3 Å². The monoisotopic (exact) mass is 528 g/mol. The normalized spacial score (nSPS) is 13.4. The largest absolute Gasteiger partial charge is 1.00 e. The molecule has 3 atom stereocenters. The van der Waals surface area contributed by atoms with Crippen LogP contribution in [0.15, 0.2) is 22.9 Å². The minimum Gasteiger partial charge on any atom is -0.747 e. The van der Waals surface area contributed by atoms with Crippen molar-refractivity contribution in [1.29, 1.82) is 0 Å². The van der Waals surface area contributed by atoms with Crippen molar-refractivity contribution in [3.05, 3.63) is 22.9 Å². The maximum Gasteiger partial charge on any atom is 1.00 e. The number of hydrogen-bond acceptors (Lipinski definition) is 8. The van der Waals surface area contributed by atoms with Gasteiger partial charge in [-0.05, 0) is 35.4 Å². The van der Waals surface area contributed by atoms with Crippen molar-refractivity contribution in [3.63, 3.8) is 0 Å². The number of hydrogen-bond donors (Lipinski definition) is 0. The predicted molar refractivity (Wildman–Crippen MR) is 131 cm³/mol. The number of unbranched alkanes of at least 4 members (excludes halogenated alkanes) is 2. The maximum absolute atomic E-state index is 12.1. The topological polar surface area (TPSA) is 110 Å². The van der Waals surface area contributed by atoms with Crippen molar-refractivity contribution < 1.29 is 61.6 Å². The van der Waals surface area contributed by atoms with E-state index in [1.807, 2.05) is 36.7 Å². The molecule has 1 heterocycles. The van der Waals surface area contributed by atoms with Gasteiger partial charge in [-0.3, -0.25) is 9.59 Å². The van der Waals surface area contributed by atoms with Crippen LogP contribution in [0.4, 0.5) is 0 Å². The molecule has 1 rings (SSSR count). The van der Waals surface area contributed by atoms with Crippen LogP contribution in [0.1, 0.15) is 85.5 Å². The zero-order valence-electron chi connectivity index (χ0n) is 21.5. The Hall–Kier alpha value is -0.450. The fourth-order valence-electron chi connectivity index (χ4n) is 3.04. The third-order valence-corrected chi connectivity index (χ3v) is 7.10. The Morgan fingerprint density at radius 3 is 1.71 bits per heavy atom. The molecular formula is C24H41NaO7S2. The van der Waals surface area contributed by atoms with Gasteiger partial charge in [0.05, 0.1) is 19.6 Å². The molecule has 1 aromatic heterocycles. The van der Waals surface area contributed by atoms with E-state index in [1.165, 1.54) is 0 Å². The molecule has 3 unspecified atom stereocenters. The van der Waals surface area contributed by atoms with Crippen molar-refractivity contribution in [3.8, 4) is 0 Å².